The van der Waals surface area contributed by atoms with Crippen molar-refractivity contribution in [1.82, 2.24) is 25.2 Å². The fraction of sp³-hybridized carbons (Fsp3) is 0.300. The summed E-state index contributed by atoms with van der Waals surface area (Å²) in [6.45, 7) is 2.39. The van der Waals surface area contributed by atoms with Gasteiger partial charge in [-0.05, 0) is 29.5 Å². The number of tetrazole rings is 1. The summed E-state index contributed by atoms with van der Waals surface area (Å²) in [6.07, 6.45) is 0. The molecular formula is C20H21N7O4. The van der Waals surface area contributed by atoms with Crippen molar-refractivity contribution in [2.75, 3.05) is 18.5 Å². The van der Waals surface area contributed by atoms with E-state index in [-0.39, 0.29) is 6.61 Å². The molecule has 0 radical (unpaired) electrons. The zero-order valence-corrected chi connectivity index (χ0v) is 17.1. The molecule has 1 amide bonds. The van der Waals surface area contributed by atoms with Crippen molar-refractivity contribution in [3.05, 3.63) is 65.6 Å². The normalized spacial score (nSPS) is 15.6. The van der Waals surface area contributed by atoms with Gasteiger partial charge in [0.25, 0.3) is 5.91 Å². The second kappa shape index (κ2) is 8.98. The van der Waals surface area contributed by atoms with Crippen molar-refractivity contribution < 1.29 is 19.1 Å². The van der Waals surface area contributed by atoms with Crippen molar-refractivity contribution in [3.8, 4) is 0 Å². The summed E-state index contributed by atoms with van der Waals surface area (Å²) in [7, 11) is 1.72. The topological polar surface area (TPSA) is 126 Å². The van der Waals surface area contributed by atoms with Gasteiger partial charge in [-0.15, -0.1) is 5.10 Å². The van der Waals surface area contributed by atoms with Crippen LogP contribution in [-0.2, 0) is 32.8 Å². The van der Waals surface area contributed by atoms with Gasteiger partial charge in [-0.1, -0.05) is 41.6 Å². The van der Waals surface area contributed by atoms with Crippen molar-refractivity contribution in [2.24, 2.45) is 12.2 Å². The van der Waals surface area contributed by atoms with Crippen LogP contribution in [0, 0.1) is 0 Å². The number of benzene rings is 1. The van der Waals surface area contributed by atoms with E-state index in [1.807, 2.05) is 30.3 Å². The maximum Gasteiger partial charge on any atom is 0.285 e. The minimum absolute atomic E-state index is 0.0790. The van der Waals surface area contributed by atoms with Gasteiger partial charge in [-0.25, -0.2) is 9.67 Å². The molecule has 0 aliphatic carbocycles. The van der Waals surface area contributed by atoms with Crippen LogP contribution in [0.15, 0.2) is 53.7 Å². The summed E-state index contributed by atoms with van der Waals surface area (Å²) in [5.74, 6) is -0.913. The standard InChI is InChI=1S/C20H21N7O4/c1-20(29-11-12-30-20)19(28)22-16-10-6-9-15(21-16)13-31-24-17(14-7-4-3-5-8-14)18-23-25-26-27(18)2/h3-10H,11-13H2,1-2H3,(H,21,22,28)/b24-17-. The molecule has 11 nitrogen and oxygen atoms in total. The largest absolute Gasteiger partial charge is 0.389 e. The molecule has 1 aliphatic rings. The maximum atomic E-state index is 12.4. The van der Waals surface area contributed by atoms with Crippen LogP contribution in [-0.4, -0.2) is 55.8 Å². The summed E-state index contributed by atoms with van der Waals surface area (Å²) in [5.41, 5.74) is 1.86. The molecule has 0 bridgehead atoms. The molecule has 0 saturated carbocycles. The molecule has 0 atom stereocenters. The van der Waals surface area contributed by atoms with Crippen LogP contribution >= 0.6 is 0 Å². The Hall–Kier alpha value is -3.70. The van der Waals surface area contributed by atoms with E-state index in [0.717, 1.165) is 5.56 Å². The quantitative estimate of drug-likeness (QED) is 0.445. The Labute approximate surface area is 178 Å². The number of carbonyl (C=O) groups is 1. The monoisotopic (exact) mass is 423 g/mol. The van der Waals surface area contributed by atoms with Gasteiger partial charge < -0.3 is 19.6 Å². The van der Waals surface area contributed by atoms with Crippen LogP contribution in [0.1, 0.15) is 24.0 Å². The molecule has 0 unspecified atom stereocenters. The Morgan fingerprint density at radius 1 is 1.19 bits per heavy atom. The molecule has 11 heteroatoms. The summed E-state index contributed by atoms with van der Waals surface area (Å²) in [4.78, 5) is 22.3. The predicted molar refractivity (Wildman–Crippen MR) is 109 cm³/mol. The number of hydrogen-bond donors (Lipinski definition) is 1. The highest BCUT2D eigenvalue weighted by Crippen LogP contribution is 2.20. The molecule has 3 heterocycles. The van der Waals surface area contributed by atoms with Gasteiger partial charge in [0, 0.05) is 12.6 Å². The zero-order valence-electron chi connectivity index (χ0n) is 17.1. The number of aryl methyl sites for hydroxylation is 1. The minimum atomic E-state index is -1.31. The van der Waals surface area contributed by atoms with E-state index in [4.69, 9.17) is 14.3 Å². The lowest BCUT2D eigenvalue weighted by Gasteiger charge is -2.20. The third kappa shape index (κ3) is 4.73. The number of aromatic nitrogens is 5. The molecule has 1 aliphatic heterocycles. The summed E-state index contributed by atoms with van der Waals surface area (Å²) >= 11 is 0. The van der Waals surface area contributed by atoms with Crippen LogP contribution in [0.5, 0.6) is 0 Å². The maximum absolute atomic E-state index is 12.4. The first-order chi connectivity index (χ1) is 15.0. The fourth-order valence-electron chi connectivity index (χ4n) is 2.92. The highest BCUT2D eigenvalue weighted by molar-refractivity contribution is 6.10. The van der Waals surface area contributed by atoms with Crippen molar-refractivity contribution in [3.63, 3.8) is 0 Å². The van der Waals surface area contributed by atoms with Gasteiger partial charge >= 0.3 is 0 Å². The summed E-state index contributed by atoms with van der Waals surface area (Å²) in [5, 5.41) is 18.5. The van der Waals surface area contributed by atoms with Gasteiger partial charge in [-0.2, -0.15) is 0 Å². The van der Waals surface area contributed by atoms with Crippen LogP contribution in [0.25, 0.3) is 0 Å². The zero-order chi connectivity index (χ0) is 21.7. The number of rotatable bonds is 7. The lowest BCUT2D eigenvalue weighted by molar-refractivity contribution is -0.170. The Morgan fingerprint density at radius 2 is 1.97 bits per heavy atom. The molecule has 0 spiro atoms. The second-order valence-electron chi connectivity index (χ2n) is 6.82. The average Bonchev–Trinajstić information content (AvgIpc) is 3.41. The van der Waals surface area contributed by atoms with E-state index in [1.165, 1.54) is 4.68 Å². The van der Waals surface area contributed by atoms with Crippen LogP contribution in [0.2, 0.25) is 0 Å². The van der Waals surface area contributed by atoms with Crippen molar-refractivity contribution in [2.45, 2.75) is 19.3 Å². The first kappa shape index (κ1) is 20.6. The average molecular weight is 423 g/mol. The summed E-state index contributed by atoms with van der Waals surface area (Å²) < 4.78 is 12.2. The third-order valence-electron chi connectivity index (χ3n) is 4.55. The molecular weight excluding hydrogens is 402 g/mol. The molecule has 2 aromatic heterocycles. The first-order valence-electron chi connectivity index (χ1n) is 9.58. The third-order valence-corrected chi connectivity index (χ3v) is 4.55. The Balaban J connectivity index is 1.47. The first-order valence-corrected chi connectivity index (χ1v) is 9.58. The van der Waals surface area contributed by atoms with Crippen molar-refractivity contribution >= 4 is 17.4 Å². The van der Waals surface area contributed by atoms with Gasteiger partial charge in [0.05, 0.1) is 18.9 Å². The molecule has 1 aromatic carbocycles. The van der Waals surface area contributed by atoms with Gasteiger partial charge in [0.2, 0.25) is 11.6 Å². The highest BCUT2D eigenvalue weighted by Gasteiger charge is 2.39. The van der Waals surface area contributed by atoms with Crippen LogP contribution in [0.4, 0.5) is 5.82 Å². The fourth-order valence-corrected chi connectivity index (χ4v) is 2.92. The van der Waals surface area contributed by atoms with E-state index in [2.05, 4.69) is 31.0 Å². The lowest BCUT2D eigenvalue weighted by Crippen LogP contribution is -2.41. The van der Waals surface area contributed by atoms with Gasteiger partial charge in [0.15, 0.2) is 12.3 Å². The molecule has 3 aromatic rings. The predicted octanol–water partition coefficient (Wildman–Crippen LogP) is 1.28. The van der Waals surface area contributed by atoms with E-state index in [1.54, 1.807) is 32.2 Å². The molecule has 31 heavy (non-hydrogen) atoms. The Kier molecular flexibility index (Phi) is 5.96. The van der Waals surface area contributed by atoms with Crippen molar-refractivity contribution in [1.29, 1.82) is 0 Å². The number of nitrogens with one attached hydrogen (secondary N) is 1. The number of carbonyl (C=O) groups excluding carboxylic acids is 1. The number of oxime groups is 1. The van der Waals surface area contributed by atoms with Gasteiger partial charge in [0.1, 0.15) is 5.82 Å². The number of nitrogens with zero attached hydrogens (tertiary/aromatic N) is 6. The van der Waals surface area contributed by atoms with Gasteiger partial charge in [-0.3, -0.25) is 4.79 Å². The number of amides is 1. The minimum Gasteiger partial charge on any atom is -0.389 e. The Morgan fingerprint density at radius 3 is 2.68 bits per heavy atom. The summed E-state index contributed by atoms with van der Waals surface area (Å²) in [6, 6.07) is 14.7. The lowest BCUT2D eigenvalue weighted by atomic mass is 10.1. The molecule has 1 saturated heterocycles. The van der Waals surface area contributed by atoms with E-state index < -0.39 is 11.7 Å². The van der Waals surface area contributed by atoms with Crippen LogP contribution < -0.4 is 5.32 Å². The number of ether oxygens (including phenoxy) is 2. The van der Waals surface area contributed by atoms with Crippen LogP contribution in [0.3, 0.4) is 0 Å². The SMILES string of the molecule is Cn1nnnc1/C(=N\OCc1cccc(NC(=O)C2(C)OCCO2)n1)c1ccccc1. The molecule has 160 valence electrons. The Bertz CT molecular complexity index is 1080. The van der Waals surface area contributed by atoms with E-state index in [9.17, 15) is 4.79 Å². The smallest absolute Gasteiger partial charge is 0.285 e. The molecule has 1 N–H and O–H groups in total. The highest BCUT2D eigenvalue weighted by atomic mass is 16.7. The molecule has 4 rings (SSSR count). The number of anilines is 1. The van der Waals surface area contributed by atoms with E-state index in [0.29, 0.717) is 36.3 Å². The van der Waals surface area contributed by atoms with E-state index >= 15 is 0 Å². The second-order valence-corrected chi connectivity index (χ2v) is 6.82. The number of pyridine rings is 1. The molecule has 1 fully saturated rings. The number of hydrogen-bond acceptors (Lipinski definition) is 9.